The highest BCUT2D eigenvalue weighted by atomic mass is 16.5. The maximum absolute atomic E-state index is 5.48. The summed E-state index contributed by atoms with van der Waals surface area (Å²) < 4.78 is 10.8. The van der Waals surface area contributed by atoms with Crippen molar-refractivity contribution >= 4 is 5.95 Å². The molecule has 134 valence electrons. The first-order chi connectivity index (χ1) is 12.8. The summed E-state index contributed by atoms with van der Waals surface area (Å²) in [4.78, 5) is 18.9. The lowest BCUT2D eigenvalue weighted by atomic mass is 10.2. The molecule has 1 aliphatic heterocycles. The van der Waals surface area contributed by atoms with E-state index in [0.29, 0.717) is 6.61 Å². The second-order valence-electron chi connectivity index (χ2n) is 5.97. The number of imidazole rings is 1. The highest BCUT2D eigenvalue weighted by Crippen LogP contribution is 2.24. The van der Waals surface area contributed by atoms with Crippen LogP contribution in [-0.2, 0) is 4.74 Å². The van der Waals surface area contributed by atoms with E-state index in [9.17, 15) is 0 Å². The van der Waals surface area contributed by atoms with E-state index in [1.807, 2.05) is 37.4 Å². The molecule has 3 aromatic rings. The van der Waals surface area contributed by atoms with Crippen molar-refractivity contribution in [1.82, 2.24) is 19.9 Å². The molecule has 4 rings (SSSR count). The van der Waals surface area contributed by atoms with Crippen LogP contribution in [0.25, 0.3) is 22.6 Å². The average Bonchev–Trinajstić information content (AvgIpc) is 3.20. The van der Waals surface area contributed by atoms with Gasteiger partial charge in [-0.25, -0.2) is 15.0 Å². The molecule has 1 N–H and O–H groups in total. The Bertz CT molecular complexity index is 839. The van der Waals surface area contributed by atoms with Crippen molar-refractivity contribution in [2.75, 3.05) is 37.8 Å². The van der Waals surface area contributed by atoms with E-state index in [1.54, 1.807) is 12.4 Å². The van der Waals surface area contributed by atoms with Gasteiger partial charge >= 0.3 is 0 Å². The molecule has 0 spiro atoms. The van der Waals surface area contributed by atoms with Gasteiger partial charge in [-0.15, -0.1) is 0 Å². The minimum atomic E-state index is 0.661. The molecule has 26 heavy (non-hydrogen) atoms. The van der Waals surface area contributed by atoms with Crippen LogP contribution in [0.3, 0.4) is 0 Å². The monoisotopic (exact) mass is 351 g/mol. The Morgan fingerprint density at radius 1 is 1.00 bits per heavy atom. The molecule has 0 radical (unpaired) electrons. The van der Waals surface area contributed by atoms with Crippen LogP contribution in [0.5, 0.6) is 5.75 Å². The number of hydrogen-bond acceptors (Lipinski definition) is 6. The number of nitrogens with zero attached hydrogens (tertiary/aromatic N) is 4. The third kappa shape index (κ3) is 3.52. The summed E-state index contributed by atoms with van der Waals surface area (Å²) in [5.41, 5.74) is 2.86. The summed E-state index contributed by atoms with van der Waals surface area (Å²) in [5.74, 6) is 2.35. The van der Waals surface area contributed by atoms with Crippen molar-refractivity contribution in [1.29, 1.82) is 0 Å². The zero-order valence-electron chi connectivity index (χ0n) is 14.7. The quantitative estimate of drug-likeness (QED) is 0.762. The summed E-state index contributed by atoms with van der Waals surface area (Å²) in [5, 5.41) is 0. The number of aromatic nitrogens is 4. The fourth-order valence-electron chi connectivity index (χ4n) is 2.88. The summed E-state index contributed by atoms with van der Waals surface area (Å²) in [6, 6.07) is 7.94. The maximum Gasteiger partial charge on any atom is 0.225 e. The number of anilines is 1. The van der Waals surface area contributed by atoms with Crippen molar-refractivity contribution in [2.24, 2.45) is 0 Å². The number of hydrogen-bond donors (Lipinski definition) is 1. The highest BCUT2D eigenvalue weighted by molar-refractivity contribution is 5.64. The zero-order valence-corrected chi connectivity index (χ0v) is 14.7. The van der Waals surface area contributed by atoms with Crippen molar-refractivity contribution in [3.05, 3.63) is 42.9 Å². The maximum atomic E-state index is 5.48. The molecule has 3 heterocycles. The topological polar surface area (TPSA) is 76.2 Å². The molecule has 1 saturated heterocycles. The molecule has 0 atom stereocenters. The second kappa shape index (κ2) is 7.53. The summed E-state index contributed by atoms with van der Waals surface area (Å²) >= 11 is 0. The van der Waals surface area contributed by atoms with E-state index >= 15 is 0 Å². The van der Waals surface area contributed by atoms with Gasteiger partial charge in [0.2, 0.25) is 5.95 Å². The third-order valence-corrected chi connectivity index (χ3v) is 4.26. The van der Waals surface area contributed by atoms with Crippen LogP contribution < -0.4 is 9.64 Å². The smallest absolute Gasteiger partial charge is 0.225 e. The van der Waals surface area contributed by atoms with Crippen molar-refractivity contribution in [2.45, 2.75) is 6.92 Å². The van der Waals surface area contributed by atoms with Gasteiger partial charge in [-0.2, -0.15) is 0 Å². The lowest BCUT2D eigenvalue weighted by molar-refractivity contribution is 0.122. The first-order valence-electron chi connectivity index (χ1n) is 8.77. The standard InChI is InChI=1S/C19H21N5O2/c1-2-26-16-5-3-14(4-6-16)17-13-20-18(23-17)15-11-21-19(22-12-15)24-7-9-25-10-8-24/h3-6,11-13H,2,7-10H2,1H3,(H,20,23). The molecule has 0 aliphatic carbocycles. The van der Waals surface area contributed by atoms with Crippen molar-refractivity contribution in [3.8, 4) is 28.4 Å². The van der Waals surface area contributed by atoms with Crippen LogP contribution in [0.15, 0.2) is 42.9 Å². The van der Waals surface area contributed by atoms with Gasteiger partial charge in [-0.3, -0.25) is 0 Å². The minimum absolute atomic E-state index is 0.661. The van der Waals surface area contributed by atoms with Crippen LogP contribution >= 0.6 is 0 Å². The molecule has 1 aliphatic rings. The average molecular weight is 351 g/mol. The van der Waals surface area contributed by atoms with Gasteiger partial charge < -0.3 is 19.4 Å². The molecule has 1 fully saturated rings. The van der Waals surface area contributed by atoms with Crippen LogP contribution in [-0.4, -0.2) is 52.8 Å². The van der Waals surface area contributed by atoms with Gasteiger partial charge in [0.25, 0.3) is 0 Å². The molecule has 0 unspecified atom stereocenters. The number of nitrogens with one attached hydrogen (secondary N) is 1. The van der Waals surface area contributed by atoms with Gasteiger partial charge in [-0.05, 0) is 36.8 Å². The van der Waals surface area contributed by atoms with Gasteiger partial charge in [0.1, 0.15) is 11.6 Å². The zero-order chi connectivity index (χ0) is 17.8. The normalized spacial score (nSPS) is 14.4. The van der Waals surface area contributed by atoms with Crippen LogP contribution in [0.2, 0.25) is 0 Å². The molecule has 7 nitrogen and oxygen atoms in total. The molecular weight excluding hydrogens is 330 g/mol. The van der Waals surface area contributed by atoms with Crippen molar-refractivity contribution in [3.63, 3.8) is 0 Å². The molecule has 2 aromatic heterocycles. The van der Waals surface area contributed by atoms with E-state index in [0.717, 1.165) is 60.6 Å². The second-order valence-corrected chi connectivity index (χ2v) is 5.97. The third-order valence-electron chi connectivity index (χ3n) is 4.26. The van der Waals surface area contributed by atoms with Crippen molar-refractivity contribution < 1.29 is 9.47 Å². The Labute approximate surface area is 152 Å². The van der Waals surface area contributed by atoms with E-state index in [2.05, 4.69) is 24.8 Å². The van der Waals surface area contributed by atoms with Gasteiger partial charge in [-0.1, -0.05) is 0 Å². The molecule has 7 heteroatoms. The Balaban J connectivity index is 1.50. The Hall–Kier alpha value is -2.93. The lowest BCUT2D eigenvalue weighted by Gasteiger charge is -2.26. The summed E-state index contributed by atoms with van der Waals surface area (Å²) in [6.45, 7) is 5.71. The van der Waals surface area contributed by atoms with E-state index < -0.39 is 0 Å². The Morgan fingerprint density at radius 2 is 1.73 bits per heavy atom. The number of aromatic amines is 1. The SMILES string of the molecule is CCOc1ccc(-c2cnc(-c3cnc(N4CCOCC4)nc3)[nH]2)cc1. The number of ether oxygens (including phenoxy) is 2. The number of rotatable bonds is 5. The Kier molecular flexibility index (Phi) is 4.79. The minimum Gasteiger partial charge on any atom is -0.494 e. The predicted molar refractivity (Wildman–Crippen MR) is 99.3 cm³/mol. The molecule has 1 aromatic carbocycles. The predicted octanol–water partition coefficient (Wildman–Crippen LogP) is 2.77. The largest absolute Gasteiger partial charge is 0.494 e. The van der Waals surface area contributed by atoms with Crippen LogP contribution in [0.1, 0.15) is 6.92 Å². The number of H-pyrrole nitrogens is 1. The van der Waals surface area contributed by atoms with Gasteiger partial charge in [0, 0.05) is 25.5 Å². The highest BCUT2D eigenvalue weighted by Gasteiger charge is 2.14. The van der Waals surface area contributed by atoms with Gasteiger partial charge in [0.15, 0.2) is 0 Å². The number of morpholine rings is 1. The molecular formula is C19H21N5O2. The molecule has 0 saturated carbocycles. The first kappa shape index (κ1) is 16.5. The lowest BCUT2D eigenvalue weighted by Crippen LogP contribution is -2.37. The van der Waals surface area contributed by atoms with Gasteiger partial charge in [0.05, 0.1) is 37.3 Å². The van der Waals surface area contributed by atoms with Crippen LogP contribution in [0.4, 0.5) is 5.95 Å². The fraction of sp³-hybridized carbons (Fsp3) is 0.316. The molecule has 0 amide bonds. The first-order valence-corrected chi connectivity index (χ1v) is 8.77. The fourth-order valence-corrected chi connectivity index (χ4v) is 2.88. The molecule has 0 bridgehead atoms. The number of benzene rings is 1. The van der Waals surface area contributed by atoms with E-state index in [1.165, 1.54) is 0 Å². The van der Waals surface area contributed by atoms with E-state index in [4.69, 9.17) is 9.47 Å². The van der Waals surface area contributed by atoms with Crippen LogP contribution in [0, 0.1) is 0 Å². The summed E-state index contributed by atoms with van der Waals surface area (Å²) in [6.07, 6.45) is 5.43. The summed E-state index contributed by atoms with van der Waals surface area (Å²) in [7, 11) is 0. The Morgan fingerprint density at radius 3 is 2.42 bits per heavy atom. The van der Waals surface area contributed by atoms with E-state index in [-0.39, 0.29) is 0 Å².